The van der Waals surface area contributed by atoms with Gasteiger partial charge in [-0.15, -0.1) is 0 Å². The molecule has 0 aliphatic rings. The van der Waals surface area contributed by atoms with Crippen LogP contribution in [-0.2, 0) is 29.7 Å². The number of benzene rings is 2. The van der Waals surface area contributed by atoms with E-state index in [0.29, 0.717) is 50.0 Å². The number of hydrogen-bond acceptors (Lipinski definition) is 3. The number of aryl methyl sites for hydroxylation is 1. The number of carbonyl (C=O) groups is 2. The van der Waals surface area contributed by atoms with Crippen LogP contribution in [0.2, 0.25) is 10.0 Å². The maximum atomic E-state index is 13.6. The number of aromatic nitrogens is 1. The molecule has 0 aliphatic heterocycles. The largest absolute Gasteiger partial charge is 0.382 e. The number of amides is 3. The molecule has 0 fully saturated rings. The van der Waals surface area contributed by atoms with Gasteiger partial charge in [0.1, 0.15) is 6.54 Å². The number of anilines is 1. The zero-order chi connectivity index (χ0) is 25.9. The van der Waals surface area contributed by atoms with Crippen LogP contribution in [0.3, 0.4) is 0 Å². The minimum absolute atomic E-state index is 0.0899. The van der Waals surface area contributed by atoms with Gasteiger partial charge in [0.2, 0.25) is 5.91 Å². The van der Waals surface area contributed by atoms with E-state index < -0.39 is 6.03 Å². The monoisotopic (exact) mass is 530 g/mol. The van der Waals surface area contributed by atoms with Gasteiger partial charge in [0.25, 0.3) is 0 Å². The van der Waals surface area contributed by atoms with Gasteiger partial charge in [0, 0.05) is 45.2 Å². The van der Waals surface area contributed by atoms with E-state index in [1.165, 1.54) is 4.90 Å². The maximum Gasteiger partial charge on any atom is 0.322 e. The average Bonchev–Trinajstić information content (AvgIpc) is 3.28. The van der Waals surface area contributed by atoms with Crippen LogP contribution in [-0.4, -0.2) is 52.6 Å². The molecule has 192 valence electrons. The van der Waals surface area contributed by atoms with Gasteiger partial charge in [-0.25, -0.2) is 4.79 Å². The second-order valence-electron chi connectivity index (χ2n) is 8.35. The van der Waals surface area contributed by atoms with Crippen LogP contribution >= 0.6 is 23.2 Å². The molecule has 1 heterocycles. The molecule has 0 aliphatic carbocycles. The van der Waals surface area contributed by atoms with Gasteiger partial charge in [0.05, 0.1) is 22.3 Å². The molecule has 0 saturated carbocycles. The molecular weight excluding hydrogens is 499 g/mol. The Morgan fingerprint density at radius 1 is 0.972 bits per heavy atom. The number of nitrogens with zero attached hydrogens (tertiary/aromatic N) is 3. The molecule has 9 heteroatoms. The van der Waals surface area contributed by atoms with E-state index in [9.17, 15) is 9.59 Å². The Balaban J connectivity index is 1.78. The lowest BCUT2D eigenvalue weighted by Gasteiger charge is -2.28. The summed E-state index contributed by atoms with van der Waals surface area (Å²) in [6, 6.07) is 18.3. The lowest BCUT2D eigenvalue weighted by atomic mass is 10.2. The topological polar surface area (TPSA) is 66.8 Å². The first kappa shape index (κ1) is 27.6. The van der Waals surface area contributed by atoms with Crippen LogP contribution < -0.4 is 5.32 Å². The standard InChI is InChI=1S/C27H32Cl2N4O3/c1-3-36-17-9-16-32(27(35)30-24-14-7-13-23(28)26(24)29)20-25(34)33(18-21-10-5-4-6-11-21)19-22-12-8-15-31(22)2/h4-8,10-15H,3,9,16-20H2,1-2H3,(H,30,35). The summed E-state index contributed by atoms with van der Waals surface area (Å²) in [5.41, 5.74) is 2.40. The summed E-state index contributed by atoms with van der Waals surface area (Å²) in [5, 5.41) is 3.39. The third kappa shape index (κ3) is 8.01. The summed E-state index contributed by atoms with van der Waals surface area (Å²) in [6.45, 7) is 4.10. The van der Waals surface area contributed by atoms with Gasteiger partial charge >= 0.3 is 6.03 Å². The minimum atomic E-state index is -0.428. The van der Waals surface area contributed by atoms with E-state index in [0.717, 1.165) is 11.3 Å². The molecule has 3 rings (SSSR count). The Hall–Kier alpha value is -3.00. The number of halogens is 2. The second kappa shape index (κ2) is 13.9. The van der Waals surface area contributed by atoms with E-state index in [1.807, 2.05) is 67.2 Å². The average molecular weight is 531 g/mol. The highest BCUT2D eigenvalue weighted by atomic mass is 35.5. The minimum Gasteiger partial charge on any atom is -0.382 e. The van der Waals surface area contributed by atoms with E-state index in [1.54, 1.807) is 23.1 Å². The van der Waals surface area contributed by atoms with Crippen molar-refractivity contribution in [1.82, 2.24) is 14.4 Å². The number of ether oxygens (including phenoxy) is 1. The smallest absolute Gasteiger partial charge is 0.322 e. The summed E-state index contributed by atoms with van der Waals surface area (Å²) in [6.07, 6.45) is 2.54. The Labute approximate surface area is 222 Å². The van der Waals surface area contributed by atoms with Crippen molar-refractivity contribution in [3.8, 4) is 0 Å². The van der Waals surface area contributed by atoms with Gasteiger partial charge in [-0.05, 0) is 43.2 Å². The van der Waals surface area contributed by atoms with Crippen molar-refractivity contribution in [2.45, 2.75) is 26.4 Å². The third-order valence-electron chi connectivity index (χ3n) is 5.70. The summed E-state index contributed by atoms with van der Waals surface area (Å²) in [7, 11) is 1.95. The molecule has 0 atom stereocenters. The summed E-state index contributed by atoms with van der Waals surface area (Å²) in [4.78, 5) is 30.1. The fourth-order valence-corrected chi connectivity index (χ4v) is 4.05. The first-order chi connectivity index (χ1) is 17.4. The molecule has 0 unspecified atom stereocenters. The molecule has 2 aromatic carbocycles. The van der Waals surface area contributed by atoms with Crippen molar-refractivity contribution < 1.29 is 14.3 Å². The van der Waals surface area contributed by atoms with Gasteiger partial charge < -0.3 is 24.4 Å². The van der Waals surface area contributed by atoms with E-state index >= 15 is 0 Å². The predicted molar refractivity (Wildman–Crippen MR) is 144 cm³/mol. The number of rotatable bonds is 12. The van der Waals surface area contributed by atoms with Gasteiger partial charge in [-0.2, -0.15) is 0 Å². The van der Waals surface area contributed by atoms with Crippen LogP contribution in [0.1, 0.15) is 24.6 Å². The number of urea groups is 1. The molecule has 0 bridgehead atoms. The first-order valence-corrected chi connectivity index (χ1v) is 12.6. The van der Waals surface area contributed by atoms with Crippen molar-refractivity contribution >= 4 is 40.8 Å². The fourth-order valence-electron chi connectivity index (χ4n) is 3.70. The highest BCUT2D eigenvalue weighted by molar-refractivity contribution is 6.43. The third-order valence-corrected chi connectivity index (χ3v) is 6.52. The number of nitrogens with one attached hydrogen (secondary N) is 1. The van der Waals surface area contributed by atoms with Gasteiger partial charge in [-0.3, -0.25) is 4.79 Å². The highest BCUT2D eigenvalue weighted by Crippen LogP contribution is 2.29. The van der Waals surface area contributed by atoms with Crippen LogP contribution in [0.4, 0.5) is 10.5 Å². The number of carbonyl (C=O) groups excluding carboxylic acids is 2. The highest BCUT2D eigenvalue weighted by Gasteiger charge is 2.23. The van der Waals surface area contributed by atoms with Crippen molar-refractivity contribution in [3.63, 3.8) is 0 Å². The van der Waals surface area contributed by atoms with Crippen molar-refractivity contribution in [1.29, 1.82) is 0 Å². The molecule has 7 nitrogen and oxygen atoms in total. The molecule has 0 radical (unpaired) electrons. The molecule has 3 aromatic rings. The van der Waals surface area contributed by atoms with E-state index in [-0.39, 0.29) is 17.5 Å². The Bertz CT molecular complexity index is 1140. The maximum absolute atomic E-state index is 13.6. The Kier molecular flexibility index (Phi) is 10.7. The van der Waals surface area contributed by atoms with Crippen LogP contribution in [0.15, 0.2) is 66.9 Å². The fraction of sp³-hybridized carbons (Fsp3) is 0.333. The second-order valence-corrected chi connectivity index (χ2v) is 9.13. The predicted octanol–water partition coefficient (Wildman–Crippen LogP) is 5.82. The zero-order valence-corrected chi connectivity index (χ0v) is 22.1. The number of hydrogen-bond donors (Lipinski definition) is 1. The van der Waals surface area contributed by atoms with Gasteiger partial charge in [-0.1, -0.05) is 59.6 Å². The lowest BCUT2D eigenvalue weighted by molar-refractivity contribution is -0.133. The first-order valence-electron chi connectivity index (χ1n) is 11.9. The van der Waals surface area contributed by atoms with Crippen molar-refractivity contribution in [2.24, 2.45) is 7.05 Å². The van der Waals surface area contributed by atoms with E-state index in [4.69, 9.17) is 27.9 Å². The van der Waals surface area contributed by atoms with Crippen molar-refractivity contribution in [2.75, 3.05) is 31.6 Å². The Morgan fingerprint density at radius 2 is 1.75 bits per heavy atom. The SMILES string of the molecule is CCOCCCN(CC(=O)N(Cc1ccccc1)Cc1cccn1C)C(=O)Nc1cccc(Cl)c1Cl. The summed E-state index contributed by atoms with van der Waals surface area (Å²) in [5.74, 6) is -0.163. The molecule has 36 heavy (non-hydrogen) atoms. The lowest BCUT2D eigenvalue weighted by Crippen LogP contribution is -2.45. The van der Waals surface area contributed by atoms with Crippen molar-refractivity contribution in [3.05, 3.63) is 88.2 Å². The molecule has 1 aromatic heterocycles. The Morgan fingerprint density at radius 3 is 2.44 bits per heavy atom. The molecular formula is C27H32Cl2N4O3. The summed E-state index contributed by atoms with van der Waals surface area (Å²) < 4.78 is 7.42. The van der Waals surface area contributed by atoms with E-state index in [2.05, 4.69) is 5.32 Å². The van der Waals surface area contributed by atoms with Crippen LogP contribution in [0.25, 0.3) is 0 Å². The summed E-state index contributed by atoms with van der Waals surface area (Å²) >= 11 is 12.4. The van der Waals surface area contributed by atoms with Crippen LogP contribution in [0.5, 0.6) is 0 Å². The molecule has 3 amide bonds. The quantitative estimate of drug-likeness (QED) is 0.300. The van der Waals surface area contributed by atoms with Gasteiger partial charge in [0.15, 0.2) is 0 Å². The van der Waals surface area contributed by atoms with Crippen LogP contribution in [0, 0.1) is 0 Å². The zero-order valence-electron chi connectivity index (χ0n) is 20.6. The molecule has 0 spiro atoms. The normalized spacial score (nSPS) is 10.8. The molecule has 1 N–H and O–H groups in total. The molecule has 0 saturated heterocycles.